The number of benzene rings is 1. The number of hydrogen-bond acceptors (Lipinski definition) is 9. The first kappa shape index (κ1) is 35.7. The number of carbonyl (C=O) groups excluding carboxylic acids is 3. The molecule has 270 valence electrons. The van der Waals surface area contributed by atoms with Gasteiger partial charge in [-0.3, -0.25) is 9.59 Å². The number of carboxylic acids is 1. The second-order valence-corrected chi connectivity index (χ2v) is 14.3. The number of allylic oxidation sites excluding steroid dienone is 1. The Morgan fingerprint density at radius 3 is 2.62 bits per heavy atom. The van der Waals surface area contributed by atoms with Gasteiger partial charge in [-0.15, -0.1) is 0 Å². The molecule has 0 unspecified atom stereocenters. The van der Waals surface area contributed by atoms with Gasteiger partial charge in [-0.2, -0.15) is 0 Å². The highest BCUT2D eigenvalue weighted by Crippen LogP contribution is 2.46. The molecule has 1 aromatic heterocycles. The van der Waals surface area contributed by atoms with Gasteiger partial charge in [0.2, 0.25) is 17.7 Å². The first-order chi connectivity index (χ1) is 24.1. The molecule has 0 spiro atoms. The predicted molar refractivity (Wildman–Crippen MR) is 186 cm³/mol. The summed E-state index contributed by atoms with van der Waals surface area (Å²) < 4.78 is 24.0. The Balaban J connectivity index is 1.31. The van der Waals surface area contributed by atoms with Crippen molar-refractivity contribution < 1.29 is 43.2 Å². The Hall–Kier alpha value is -4.07. The molecule has 3 heterocycles. The fourth-order valence-corrected chi connectivity index (χ4v) is 7.92. The zero-order chi connectivity index (χ0) is 35.4. The molecular formula is C36H45BrN4O9. The minimum atomic E-state index is -1.44. The molecule has 14 heteroatoms. The van der Waals surface area contributed by atoms with E-state index in [0.29, 0.717) is 52.2 Å². The second kappa shape index (κ2) is 15.4. The van der Waals surface area contributed by atoms with Crippen molar-refractivity contribution >= 4 is 50.7 Å². The molecule has 5 atom stereocenters. The summed E-state index contributed by atoms with van der Waals surface area (Å²) in [6.07, 6.45) is 9.71. The topological polar surface area (TPSA) is 166 Å². The lowest BCUT2D eigenvalue weighted by Gasteiger charge is -2.29. The van der Waals surface area contributed by atoms with Gasteiger partial charge in [-0.25, -0.2) is 14.6 Å². The Kier molecular flexibility index (Phi) is 11.0. The molecule has 3 N–H and O–H groups in total. The first-order valence-electron chi connectivity index (χ1n) is 17.6. The van der Waals surface area contributed by atoms with Crippen molar-refractivity contribution in [2.24, 2.45) is 5.92 Å². The third-order valence-electron chi connectivity index (χ3n) is 10.1. The fraction of sp³-hybridized carbons (Fsp3) is 0.583. The fourth-order valence-electron chi connectivity index (χ4n) is 7.32. The van der Waals surface area contributed by atoms with Crippen LogP contribution in [0.3, 0.4) is 0 Å². The number of alkyl carbamates (subject to hydrolysis) is 1. The summed E-state index contributed by atoms with van der Waals surface area (Å²) in [6, 6.07) is 3.29. The number of pyridine rings is 1. The van der Waals surface area contributed by atoms with E-state index in [0.717, 1.165) is 44.9 Å². The molecule has 1 saturated heterocycles. The molecule has 0 radical (unpaired) electrons. The highest BCUT2D eigenvalue weighted by atomic mass is 79.9. The number of methoxy groups -OCH3 is 1. The Morgan fingerprint density at radius 1 is 1.10 bits per heavy atom. The van der Waals surface area contributed by atoms with Gasteiger partial charge >= 0.3 is 12.1 Å². The van der Waals surface area contributed by atoms with Crippen LogP contribution in [-0.2, 0) is 19.1 Å². The van der Waals surface area contributed by atoms with Crippen LogP contribution >= 0.6 is 15.9 Å². The van der Waals surface area contributed by atoms with Crippen LogP contribution in [0.1, 0.15) is 77.6 Å². The summed E-state index contributed by atoms with van der Waals surface area (Å²) in [5, 5.41) is 16.5. The van der Waals surface area contributed by atoms with Crippen LogP contribution in [0.4, 0.5) is 4.79 Å². The van der Waals surface area contributed by atoms with E-state index < -0.39 is 47.6 Å². The molecule has 3 amide bonds. The minimum Gasteiger partial charge on any atom is -0.495 e. The van der Waals surface area contributed by atoms with Gasteiger partial charge < -0.3 is 39.6 Å². The molecule has 50 heavy (non-hydrogen) atoms. The molecule has 3 fully saturated rings. The number of aromatic nitrogens is 1. The third kappa shape index (κ3) is 7.64. The summed E-state index contributed by atoms with van der Waals surface area (Å²) in [4.78, 5) is 60.0. The highest BCUT2D eigenvalue weighted by molar-refractivity contribution is 9.10. The van der Waals surface area contributed by atoms with Crippen LogP contribution in [0.2, 0.25) is 0 Å². The molecule has 2 aromatic rings. The lowest BCUT2D eigenvalue weighted by atomic mass is 10.0. The van der Waals surface area contributed by atoms with Crippen molar-refractivity contribution in [1.82, 2.24) is 20.5 Å². The average molecular weight is 758 g/mol. The lowest BCUT2D eigenvalue weighted by Crippen LogP contribution is -2.56. The van der Waals surface area contributed by atoms with Gasteiger partial charge in [0.15, 0.2) is 0 Å². The van der Waals surface area contributed by atoms with E-state index in [1.54, 1.807) is 19.2 Å². The number of hydrogen-bond donors (Lipinski definition) is 3. The second-order valence-electron chi connectivity index (χ2n) is 13.5. The molecular weight excluding hydrogens is 712 g/mol. The first-order valence-corrected chi connectivity index (χ1v) is 18.4. The maximum Gasteiger partial charge on any atom is 0.408 e. The molecule has 2 aliphatic carbocycles. The number of ether oxygens (including phenoxy) is 4. The van der Waals surface area contributed by atoms with E-state index in [-0.39, 0.29) is 31.4 Å². The van der Waals surface area contributed by atoms with E-state index in [1.807, 2.05) is 25.1 Å². The number of fused-ring (bicyclic) bond motifs is 3. The molecule has 2 saturated carbocycles. The van der Waals surface area contributed by atoms with Crippen LogP contribution in [-0.4, -0.2) is 89.0 Å². The molecule has 0 bridgehead atoms. The smallest absolute Gasteiger partial charge is 0.408 e. The number of halogens is 1. The summed E-state index contributed by atoms with van der Waals surface area (Å²) >= 11 is 3.58. The van der Waals surface area contributed by atoms with E-state index in [4.69, 9.17) is 18.9 Å². The van der Waals surface area contributed by atoms with Crippen molar-refractivity contribution in [3.05, 3.63) is 34.8 Å². The van der Waals surface area contributed by atoms with E-state index in [1.165, 1.54) is 4.90 Å². The largest absolute Gasteiger partial charge is 0.495 e. The minimum absolute atomic E-state index is 0.0291. The monoisotopic (exact) mass is 756 g/mol. The van der Waals surface area contributed by atoms with Crippen LogP contribution in [0, 0.1) is 5.92 Å². The van der Waals surface area contributed by atoms with Crippen molar-refractivity contribution in [2.75, 3.05) is 20.3 Å². The highest BCUT2D eigenvalue weighted by Gasteiger charge is 2.61. The molecule has 4 aliphatic rings. The maximum absolute atomic E-state index is 14.4. The standard InChI is InChI=1S/C36H45BrN4O9/c1-3-48-29-18-28(24-15-16-27(47-2)30(37)31(24)39-29)49-23-17-26-32(42)40-36(34(44)45)19-21(36)11-7-5-4-6-8-14-25(33(43)41(26)20-23)38-35(46)50-22-12-9-10-13-22/h7,11,15-16,18,21-23,25-26H,3-6,8-10,12-14,17,19-20H2,1-2H3,(H,38,46)(H,40,42)(H,44,45)/b11-7-/t21-,23+,25-,26-,36+/m0/s1. The van der Waals surface area contributed by atoms with Crippen molar-refractivity contribution in [1.29, 1.82) is 0 Å². The summed E-state index contributed by atoms with van der Waals surface area (Å²) in [5.41, 5.74) is -0.892. The van der Waals surface area contributed by atoms with Gasteiger partial charge in [0.25, 0.3) is 0 Å². The lowest BCUT2D eigenvalue weighted by molar-refractivity contribution is -0.145. The van der Waals surface area contributed by atoms with Crippen LogP contribution in [0.15, 0.2) is 34.8 Å². The number of aliphatic carboxylic acids is 1. The molecule has 1 aromatic carbocycles. The quantitative estimate of drug-likeness (QED) is 0.302. The zero-order valence-electron chi connectivity index (χ0n) is 28.5. The molecule has 6 rings (SSSR count). The number of nitrogens with one attached hydrogen (secondary N) is 2. The predicted octanol–water partition coefficient (Wildman–Crippen LogP) is 5.27. The number of carbonyl (C=O) groups is 4. The molecule has 13 nitrogen and oxygen atoms in total. The number of carboxylic acid groups (broad SMARTS) is 1. The van der Waals surface area contributed by atoms with E-state index in [2.05, 4.69) is 31.5 Å². The van der Waals surface area contributed by atoms with Crippen molar-refractivity contribution in [2.45, 2.75) is 107 Å². The van der Waals surface area contributed by atoms with Crippen LogP contribution in [0.25, 0.3) is 10.9 Å². The van der Waals surface area contributed by atoms with Gasteiger partial charge in [-0.1, -0.05) is 25.0 Å². The van der Waals surface area contributed by atoms with Gasteiger partial charge in [0.1, 0.15) is 41.3 Å². The normalized spacial score (nSPS) is 28.0. The van der Waals surface area contributed by atoms with Gasteiger partial charge in [0.05, 0.1) is 30.3 Å². The summed E-state index contributed by atoms with van der Waals surface area (Å²) in [6.45, 7) is 2.24. The van der Waals surface area contributed by atoms with E-state index >= 15 is 0 Å². The van der Waals surface area contributed by atoms with Gasteiger partial charge in [-0.05, 0) is 86.4 Å². The Morgan fingerprint density at radius 2 is 1.88 bits per heavy atom. The van der Waals surface area contributed by atoms with E-state index in [9.17, 15) is 24.3 Å². The molecule has 2 aliphatic heterocycles. The van der Waals surface area contributed by atoms with Gasteiger partial charge in [0, 0.05) is 23.8 Å². The van der Waals surface area contributed by atoms with Crippen molar-refractivity contribution in [3.63, 3.8) is 0 Å². The van der Waals surface area contributed by atoms with Crippen LogP contribution in [0.5, 0.6) is 17.4 Å². The number of rotatable bonds is 8. The SMILES string of the molecule is CCOc1cc(O[C@@H]2C[C@H]3C(=O)N[C@]4(C(=O)O)C[C@@H]4/C=C\CCCCC[C@H](NC(=O)OC4CCCC4)C(=O)N3C2)c2ccc(OC)c(Br)c2n1. The number of amides is 3. The van der Waals surface area contributed by atoms with Crippen molar-refractivity contribution in [3.8, 4) is 17.4 Å². The zero-order valence-corrected chi connectivity index (χ0v) is 30.0. The number of nitrogens with zero attached hydrogens (tertiary/aromatic N) is 2. The van der Waals surface area contributed by atoms with Crippen LogP contribution < -0.4 is 24.8 Å². The Labute approximate surface area is 299 Å². The summed E-state index contributed by atoms with van der Waals surface area (Å²) in [5.74, 6) is -1.14. The Bertz CT molecular complexity index is 1650. The third-order valence-corrected chi connectivity index (χ3v) is 10.9. The average Bonchev–Trinajstić information content (AvgIpc) is 3.36. The summed E-state index contributed by atoms with van der Waals surface area (Å²) in [7, 11) is 1.56. The maximum atomic E-state index is 14.4.